The lowest BCUT2D eigenvalue weighted by Gasteiger charge is -2.34. The van der Waals surface area contributed by atoms with Crippen molar-refractivity contribution in [2.45, 2.75) is 44.4 Å². The maximum atomic E-state index is 6.00. The van der Waals surface area contributed by atoms with Gasteiger partial charge < -0.3 is 4.90 Å². The van der Waals surface area contributed by atoms with Gasteiger partial charge in [0.2, 0.25) is 0 Å². The van der Waals surface area contributed by atoms with Crippen molar-refractivity contribution in [3.05, 3.63) is 59.1 Å². The molecule has 1 atom stereocenters. The van der Waals surface area contributed by atoms with Gasteiger partial charge in [-0.1, -0.05) is 60.8 Å². The summed E-state index contributed by atoms with van der Waals surface area (Å²) in [6.07, 6.45) is 8.49. The topological polar surface area (TPSA) is 3.24 Å². The van der Waals surface area contributed by atoms with Gasteiger partial charge in [0.25, 0.3) is 0 Å². The average Bonchev–Trinajstić information content (AvgIpc) is 3.16. The van der Waals surface area contributed by atoms with Crippen molar-refractivity contribution < 1.29 is 0 Å². The van der Waals surface area contributed by atoms with E-state index >= 15 is 0 Å². The Bertz CT molecular complexity index is 670. The van der Waals surface area contributed by atoms with Crippen LogP contribution in [0.15, 0.2) is 48.5 Å². The van der Waals surface area contributed by atoms with E-state index < -0.39 is 0 Å². The predicted octanol–water partition coefficient (Wildman–Crippen LogP) is 6.38. The third kappa shape index (κ3) is 4.27. The smallest absolute Gasteiger partial charge is 0.0406 e. The maximum absolute atomic E-state index is 6.00. The van der Waals surface area contributed by atoms with Gasteiger partial charge in [-0.05, 0) is 72.9 Å². The Morgan fingerprint density at radius 3 is 2.12 bits per heavy atom. The van der Waals surface area contributed by atoms with Crippen molar-refractivity contribution in [1.29, 1.82) is 0 Å². The molecule has 0 spiro atoms. The van der Waals surface area contributed by atoms with Crippen LogP contribution in [0.2, 0.25) is 5.02 Å². The zero-order valence-electron chi connectivity index (χ0n) is 15.0. The van der Waals surface area contributed by atoms with Gasteiger partial charge in [-0.2, -0.15) is 0 Å². The molecular weight excluding hydrogens is 326 g/mol. The summed E-state index contributed by atoms with van der Waals surface area (Å²) >= 11 is 6.00. The molecule has 0 N–H and O–H groups in total. The van der Waals surface area contributed by atoms with Crippen molar-refractivity contribution in [1.82, 2.24) is 4.90 Å². The van der Waals surface area contributed by atoms with Gasteiger partial charge >= 0.3 is 0 Å². The van der Waals surface area contributed by atoms with Crippen molar-refractivity contribution >= 4 is 11.6 Å². The summed E-state index contributed by atoms with van der Waals surface area (Å²) in [6, 6.07) is 17.4. The van der Waals surface area contributed by atoms with Gasteiger partial charge in [-0.3, -0.25) is 0 Å². The van der Waals surface area contributed by atoms with Crippen LogP contribution >= 0.6 is 11.6 Å². The number of piperidine rings is 1. The van der Waals surface area contributed by atoms with Gasteiger partial charge in [0.05, 0.1) is 0 Å². The maximum Gasteiger partial charge on any atom is 0.0406 e. The molecule has 2 heteroatoms. The van der Waals surface area contributed by atoms with Gasteiger partial charge in [0.15, 0.2) is 0 Å². The van der Waals surface area contributed by atoms with Crippen LogP contribution in [0, 0.1) is 5.92 Å². The van der Waals surface area contributed by atoms with Gasteiger partial charge in [0.1, 0.15) is 0 Å². The van der Waals surface area contributed by atoms with E-state index in [2.05, 4.69) is 41.3 Å². The largest absolute Gasteiger partial charge is 0.302 e. The molecule has 2 fully saturated rings. The fourth-order valence-electron chi connectivity index (χ4n) is 4.64. The summed E-state index contributed by atoms with van der Waals surface area (Å²) < 4.78 is 0. The molecule has 0 bridgehead atoms. The fourth-order valence-corrected chi connectivity index (χ4v) is 4.77. The minimum atomic E-state index is 0.703. The first-order valence-corrected chi connectivity index (χ1v) is 10.2. The highest BCUT2D eigenvalue weighted by atomic mass is 35.5. The first-order valence-electron chi connectivity index (χ1n) is 9.86. The molecule has 1 saturated carbocycles. The van der Waals surface area contributed by atoms with Gasteiger partial charge in [-0.15, -0.1) is 0 Å². The van der Waals surface area contributed by atoms with Crippen LogP contribution in [0.3, 0.4) is 0 Å². The molecule has 2 aliphatic rings. The molecule has 2 aromatic rings. The van der Waals surface area contributed by atoms with E-state index in [0.29, 0.717) is 5.92 Å². The molecule has 1 nitrogen and oxygen atoms in total. The fraction of sp³-hybridized carbons (Fsp3) is 0.478. The SMILES string of the molecule is Clc1ccc(-c2ccc(C3CCCN(CC4CCCC4)C3)cc2)cc1. The lowest BCUT2D eigenvalue weighted by atomic mass is 9.89. The lowest BCUT2D eigenvalue weighted by molar-refractivity contribution is 0.179. The summed E-state index contributed by atoms with van der Waals surface area (Å²) in [5.74, 6) is 1.67. The van der Waals surface area contributed by atoms with Crippen LogP contribution < -0.4 is 0 Å². The number of likely N-dealkylation sites (tertiary alicyclic amines) is 1. The Morgan fingerprint density at radius 2 is 1.44 bits per heavy atom. The van der Waals surface area contributed by atoms with E-state index in [1.54, 1.807) is 0 Å². The Kier molecular flexibility index (Phi) is 5.43. The van der Waals surface area contributed by atoms with Crippen LogP contribution in [-0.4, -0.2) is 24.5 Å². The van der Waals surface area contributed by atoms with Crippen molar-refractivity contribution in [3.63, 3.8) is 0 Å². The second-order valence-corrected chi connectivity index (χ2v) is 8.31. The second kappa shape index (κ2) is 7.93. The molecule has 4 rings (SSSR count). The first kappa shape index (κ1) is 17.1. The summed E-state index contributed by atoms with van der Waals surface area (Å²) in [5, 5.41) is 0.796. The Balaban J connectivity index is 1.41. The van der Waals surface area contributed by atoms with E-state index in [9.17, 15) is 0 Å². The molecule has 1 aliphatic heterocycles. The summed E-state index contributed by atoms with van der Waals surface area (Å²) in [7, 11) is 0. The monoisotopic (exact) mass is 353 g/mol. The van der Waals surface area contributed by atoms with Crippen molar-refractivity contribution in [2.24, 2.45) is 5.92 Å². The van der Waals surface area contributed by atoms with Crippen LogP contribution in [-0.2, 0) is 0 Å². The molecular formula is C23H28ClN. The number of hydrogen-bond acceptors (Lipinski definition) is 1. The number of hydrogen-bond donors (Lipinski definition) is 0. The Morgan fingerprint density at radius 1 is 0.800 bits per heavy atom. The van der Waals surface area contributed by atoms with Crippen LogP contribution in [0.4, 0.5) is 0 Å². The highest BCUT2D eigenvalue weighted by Gasteiger charge is 2.24. The van der Waals surface area contributed by atoms with Crippen molar-refractivity contribution in [3.8, 4) is 11.1 Å². The lowest BCUT2D eigenvalue weighted by Crippen LogP contribution is -2.37. The number of benzene rings is 2. The number of rotatable bonds is 4. The van der Waals surface area contributed by atoms with E-state index in [-0.39, 0.29) is 0 Å². The molecule has 0 radical (unpaired) electrons. The first-order chi connectivity index (χ1) is 12.3. The number of halogens is 1. The molecule has 132 valence electrons. The highest BCUT2D eigenvalue weighted by Crippen LogP contribution is 2.32. The quantitative estimate of drug-likeness (QED) is 0.616. The minimum absolute atomic E-state index is 0.703. The van der Waals surface area contributed by atoms with E-state index in [1.165, 1.54) is 74.8 Å². The molecule has 0 amide bonds. The Hall–Kier alpha value is -1.31. The standard InChI is InChI=1S/C23H28ClN/c24-23-13-11-20(12-14-23)19-7-9-21(10-8-19)22-6-3-15-25(17-22)16-18-4-1-2-5-18/h7-14,18,22H,1-6,15-17H2. The predicted molar refractivity (Wildman–Crippen MR) is 107 cm³/mol. The third-order valence-electron chi connectivity index (χ3n) is 6.06. The Labute approximate surface area is 157 Å². The highest BCUT2D eigenvalue weighted by molar-refractivity contribution is 6.30. The zero-order chi connectivity index (χ0) is 17.1. The van der Waals surface area contributed by atoms with E-state index in [1.807, 2.05) is 12.1 Å². The molecule has 1 aliphatic carbocycles. The van der Waals surface area contributed by atoms with Crippen LogP contribution in [0.25, 0.3) is 11.1 Å². The van der Waals surface area contributed by atoms with Crippen LogP contribution in [0.1, 0.15) is 50.0 Å². The van der Waals surface area contributed by atoms with E-state index in [0.717, 1.165) is 10.9 Å². The molecule has 1 saturated heterocycles. The van der Waals surface area contributed by atoms with Gasteiger partial charge in [0, 0.05) is 18.1 Å². The summed E-state index contributed by atoms with van der Waals surface area (Å²) in [5.41, 5.74) is 4.02. The van der Waals surface area contributed by atoms with E-state index in [4.69, 9.17) is 11.6 Å². The molecule has 1 heterocycles. The average molecular weight is 354 g/mol. The number of nitrogens with zero attached hydrogens (tertiary/aromatic N) is 1. The minimum Gasteiger partial charge on any atom is -0.302 e. The van der Waals surface area contributed by atoms with Gasteiger partial charge in [-0.25, -0.2) is 0 Å². The van der Waals surface area contributed by atoms with Crippen molar-refractivity contribution in [2.75, 3.05) is 19.6 Å². The zero-order valence-corrected chi connectivity index (χ0v) is 15.7. The normalized spacial score (nSPS) is 22.4. The second-order valence-electron chi connectivity index (χ2n) is 7.88. The van der Waals surface area contributed by atoms with Crippen LogP contribution in [0.5, 0.6) is 0 Å². The molecule has 1 unspecified atom stereocenters. The summed E-state index contributed by atoms with van der Waals surface area (Å²) in [4.78, 5) is 2.73. The third-order valence-corrected chi connectivity index (χ3v) is 6.31. The molecule has 25 heavy (non-hydrogen) atoms. The molecule has 2 aromatic carbocycles. The molecule has 0 aromatic heterocycles. The summed E-state index contributed by atoms with van der Waals surface area (Å²) in [6.45, 7) is 3.88.